The van der Waals surface area contributed by atoms with Crippen molar-refractivity contribution < 1.29 is 4.79 Å². The first-order valence-corrected chi connectivity index (χ1v) is 6.25. The molecule has 0 bridgehead atoms. The van der Waals surface area contributed by atoms with Crippen molar-refractivity contribution >= 4 is 28.8 Å². The van der Waals surface area contributed by atoms with Crippen LogP contribution in [0.2, 0.25) is 0 Å². The van der Waals surface area contributed by atoms with Crippen molar-refractivity contribution in [3.05, 3.63) is 29.3 Å². The van der Waals surface area contributed by atoms with E-state index in [1.807, 2.05) is 44.0 Å². The van der Waals surface area contributed by atoms with Gasteiger partial charge in [0.25, 0.3) is 0 Å². The summed E-state index contributed by atoms with van der Waals surface area (Å²) in [7, 11) is 1.86. The summed E-state index contributed by atoms with van der Waals surface area (Å²) in [6, 6.07) is 5.76. The van der Waals surface area contributed by atoms with Crippen LogP contribution in [0.1, 0.15) is 18.1 Å². The summed E-state index contributed by atoms with van der Waals surface area (Å²) in [5, 5.41) is 2.77. The second kappa shape index (κ2) is 6.35. The zero-order valence-electron chi connectivity index (χ0n) is 11.0. The van der Waals surface area contributed by atoms with Gasteiger partial charge in [-0.05, 0) is 25.5 Å². The van der Waals surface area contributed by atoms with Crippen LogP contribution in [0.3, 0.4) is 0 Å². The number of benzene rings is 1. The van der Waals surface area contributed by atoms with Crippen LogP contribution in [0.4, 0.5) is 5.69 Å². The summed E-state index contributed by atoms with van der Waals surface area (Å²) in [5.74, 6) is -0.0165. The molecule has 0 saturated carbocycles. The fraction of sp³-hybridized carbons (Fsp3) is 0.385. The molecule has 0 saturated heterocycles. The first-order valence-electron chi connectivity index (χ1n) is 5.84. The minimum Gasteiger partial charge on any atom is -0.389 e. The second-order valence-corrected chi connectivity index (χ2v) is 4.58. The number of carbonyl (C=O) groups excluding carboxylic acids is 1. The first-order chi connectivity index (χ1) is 8.47. The first kappa shape index (κ1) is 14.4. The minimum atomic E-state index is -0.0165. The maximum atomic E-state index is 11.6. The van der Waals surface area contributed by atoms with Crippen LogP contribution in [0.25, 0.3) is 0 Å². The van der Waals surface area contributed by atoms with Gasteiger partial charge in [0.1, 0.15) is 4.99 Å². The maximum Gasteiger partial charge on any atom is 0.239 e. The molecule has 0 radical (unpaired) electrons. The SMILES string of the molecule is CCNC(=O)CN(C)c1c(C)cccc1C(N)=S. The molecule has 0 aliphatic heterocycles. The molecule has 0 aliphatic rings. The van der Waals surface area contributed by atoms with Crippen LogP contribution in [-0.4, -0.2) is 31.0 Å². The number of anilines is 1. The molecule has 0 fully saturated rings. The Morgan fingerprint density at radius 1 is 1.50 bits per heavy atom. The van der Waals surface area contributed by atoms with Gasteiger partial charge in [0, 0.05) is 19.2 Å². The van der Waals surface area contributed by atoms with Gasteiger partial charge in [0.2, 0.25) is 5.91 Å². The Morgan fingerprint density at radius 3 is 2.72 bits per heavy atom. The van der Waals surface area contributed by atoms with Crippen molar-refractivity contribution in [3.8, 4) is 0 Å². The zero-order chi connectivity index (χ0) is 13.7. The summed E-state index contributed by atoms with van der Waals surface area (Å²) in [4.78, 5) is 13.8. The number of hydrogen-bond donors (Lipinski definition) is 2. The average Bonchev–Trinajstić information content (AvgIpc) is 2.28. The third kappa shape index (κ3) is 3.43. The normalized spacial score (nSPS) is 9.94. The summed E-state index contributed by atoms with van der Waals surface area (Å²) in [6.45, 7) is 4.79. The van der Waals surface area contributed by atoms with Crippen molar-refractivity contribution in [2.24, 2.45) is 5.73 Å². The van der Waals surface area contributed by atoms with Crippen molar-refractivity contribution in [3.63, 3.8) is 0 Å². The summed E-state index contributed by atoms with van der Waals surface area (Å²) < 4.78 is 0. The molecule has 4 nitrogen and oxygen atoms in total. The molecule has 0 unspecified atom stereocenters. The Hall–Kier alpha value is -1.62. The van der Waals surface area contributed by atoms with E-state index in [4.69, 9.17) is 18.0 Å². The molecule has 0 aliphatic carbocycles. The van der Waals surface area contributed by atoms with E-state index in [0.29, 0.717) is 11.5 Å². The van der Waals surface area contributed by atoms with Gasteiger partial charge >= 0.3 is 0 Å². The number of aryl methyl sites for hydroxylation is 1. The van der Waals surface area contributed by atoms with Crippen molar-refractivity contribution in [2.75, 3.05) is 25.0 Å². The number of likely N-dealkylation sites (N-methyl/N-ethyl adjacent to an activating group) is 2. The number of carbonyl (C=O) groups is 1. The van der Waals surface area contributed by atoms with Gasteiger partial charge in [-0.2, -0.15) is 0 Å². The third-order valence-electron chi connectivity index (χ3n) is 2.64. The van der Waals surface area contributed by atoms with Gasteiger partial charge in [-0.3, -0.25) is 4.79 Å². The predicted octanol–water partition coefficient (Wildman–Crippen LogP) is 1.20. The quantitative estimate of drug-likeness (QED) is 0.786. The zero-order valence-corrected chi connectivity index (χ0v) is 11.8. The highest BCUT2D eigenvalue weighted by Crippen LogP contribution is 2.23. The van der Waals surface area contributed by atoms with Crippen LogP contribution in [0.15, 0.2) is 18.2 Å². The number of amides is 1. The number of para-hydroxylation sites is 1. The predicted molar refractivity (Wildman–Crippen MR) is 79.0 cm³/mol. The number of nitrogens with zero attached hydrogens (tertiary/aromatic N) is 1. The molecular weight excluding hydrogens is 246 g/mol. The van der Waals surface area contributed by atoms with E-state index in [9.17, 15) is 4.79 Å². The number of rotatable bonds is 5. The van der Waals surface area contributed by atoms with Crippen LogP contribution in [-0.2, 0) is 4.79 Å². The molecule has 0 heterocycles. The van der Waals surface area contributed by atoms with Crippen molar-refractivity contribution in [2.45, 2.75) is 13.8 Å². The van der Waals surface area contributed by atoms with E-state index in [1.165, 1.54) is 0 Å². The Morgan fingerprint density at radius 2 is 2.17 bits per heavy atom. The van der Waals surface area contributed by atoms with E-state index in [0.717, 1.165) is 16.8 Å². The standard InChI is InChI=1S/C13H19N3OS/c1-4-15-11(17)8-16(3)12-9(2)6-5-7-10(12)13(14)18/h5-7H,4,8H2,1-3H3,(H2,14,18)(H,15,17). The second-order valence-electron chi connectivity index (χ2n) is 4.14. The van der Waals surface area contributed by atoms with Crippen LogP contribution in [0, 0.1) is 6.92 Å². The molecule has 5 heteroatoms. The monoisotopic (exact) mass is 265 g/mol. The topological polar surface area (TPSA) is 58.4 Å². The lowest BCUT2D eigenvalue weighted by atomic mass is 10.1. The molecule has 0 aromatic heterocycles. The molecule has 0 spiro atoms. The fourth-order valence-corrected chi connectivity index (χ4v) is 2.08. The van der Waals surface area contributed by atoms with Gasteiger partial charge in [-0.1, -0.05) is 24.4 Å². The summed E-state index contributed by atoms with van der Waals surface area (Å²) >= 11 is 5.04. The fourth-order valence-electron chi connectivity index (χ4n) is 1.91. The van der Waals surface area contributed by atoms with E-state index in [1.54, 1.807) is 0 Å². The van der Waals surface area contributed by atoms with Gasteiger partial charge in [0.05, 0.1) is 12.2 Å². The highest BCUT2D eigenvalue weighted by atomic mass is 32.1. The number of thiocarbonyl (C=S) groups is 1. The van der Waals surface area contributed by atoms with Crippen LogP contribution >= 0.6 is 12.2 Å². The number of nitrogens with one attached hydrogen (secondary N) is 1. The third-order valence-corrected chi connectivity index (χ3v) is 2.86. The molecule has 18 heavy (non-hydrogen) atoms. The van der Waals surface area contributed by atoms with Crippen molar-refractivity contribution in [1.82, 2.24) is 5.32 Å². The largest absolute Gasteiger partial charge is 0.389 e. The van der Waals surface area contributed by atoms with E-state index in [2.05, 4.69) is 5.32 Å². The van der Waals surface area contributed by atoms with Crippen LogP contribution in [0.5, 0.6) is 0 Å². The van der Waals surface area contributed by atoms with Gasteiger partial charge < -0.3 is 16.0 Å². The molecule has 1 amide bonds. The minimum absolute atomic E-state index is 0.0165. The highest BCUT2D eigenvalue weighted by Gasteiger charge is 2.14. The van der Waals surface area contributed by atoms with E-state index < -0.39 is 0 Å². The lowest BCUT2D eigenvalue weighted by Gasteiger charge is -2.23. The van der Waals surface area contributed by atoms with E-state index in [-0.39, 0.29) is 12.5 Å². The Labute approximate surface area is 113 Å². The molecule has 1 aromatic carbocycles. The average molecular weight is 265 g/mol. The smallest absolute Gasteiger partial charge is 0.239 e. The maximum absolute atomic E-state index is 11.6. The van der Waals surface area contributed by atoms with E-state index >= 15 is 0 Å². The molecule has 1 aromatic rings. The van der Waals surface area contributed by atoms with Gasteiger partial charge in [-0.25, -0.2) is 0 Å². The Balaban J connectivity index is 3.00. The Kier molecular flexibility index (Phi) is 5.09. The van der Waals surface area contributed by atoms with Gasteiger partial charge in [-0.15, -0.1) is 0 Å². The van der Waals surface area contributed by atoms with Crippen molar-refractivity contribution in [1.29, 1.82) is 0 Å². The number of nitrogens with two attached hydrogens (primary N) is 1. The summed E-state index contributed by atoms with van der Waals surface area (Å²) in [5.41, 5.74) is 8.48. The summed E-state index contributed by atoms with van der Waals surface area (Å²) in [6.07, 6.45) is 0. The number of hydrogen-bond acceptors (Lipinski definition) is 3. The molecule has 3 N–H and O–H groups in total. The van der Waals surface area contributed by atoms with Gasteiger partial charge in [0.15, 0.2) is 0 Å². The molecule has 0 atom stereocenters. The lowest BCUT2D eigenvalue weighted by molar-refractivity contribution is -0.119. The lowest BCUT2D eigenvalue weighted by Crippen LogP contribution is -2.36. The molecule has 1 rings (SSSR count). The molecular formula is C13H19N3OS. The highest BCUT2D eigenvalue weighted by molar-refractivity contribution is 7.80. The molecule has 98 valence electrons. The van der Waals surface area contributed by atoms with Crippen LogP contribution < -0.4 is 16.0 Å². The Bertz CT molecular complexity index is 460.